The number of rotatable bonds is 2. The molecule has 1 aliphatic rings. The van der Waals surface area contributed by atoms with Crippen LogP contribution >= 0.6 is 11.6 Å². The highest BCUT2D eigenvalue weighted by Gasteiger charge is 2.34. The average molecular weight is 382 g/mol. The number of nitrogens with zero attached hydrogens (tertiary/aromatic N) is 3. The smallest absolute Gasteiger partial charge is 0.410 e. The molecule has 1 aromatic carbocycles. The number of halogens is 1. The Hall–Kier alpha value is -1.73. The Morgan fingerprint density at radius 1 is 1.28 bits per heavy atom. The van der Waals surface area contributed by atoms with Crippen molar-refractivity contribution in [2.75, 3.05) is 13.1 Å². The Bertz CT molecular complexity index is 837. The Morgan fingerprint density at radius 2 is 1.92 bits per heavy atom. The lowest BCUT2D eigenvalue weighted by Crippen LogP contribution is -2.36. The molecule has 1 saturated heterocycles. The van der Waals surface area contributed by atoms with E-state index < -0.39 is 16.4 Å². The summed E-state index contributed by atoms with van der Waals surface area (Å²) in [6.07, 6.45) is 0.221. The molecule has 1 aliphatic heterocycles. The van der Waals surface area contributed by atoms with Crippen LogP contribution in [-0.4, -0.2) is 49.1 Å². The third-order valence-corrected chi connectivity index (χ3v) is 5.82. The van der Waals surface area contributed by atoms with Gasteiger partial charge in [0.05, 0.1) is 27.1 Å². The molecule has 0 spiro atoms. The van der Waals surface area contributed by atoms with Crippen molar-refractivity contribution < 1.29 is 13.7 Å². The van der Waals surface area contributed by atoms with Crippen molar-refractivity contribution >= 4 is 39.5 Å². The molecular formula is C17H20ClN3O3S. The van der Waals surface area contributed by atoms with E-state index in [4.69, 9.17) is 16.3 Å². The highest BCUT2D eigenvalue weighted by atomic mass is 35.5. The van der Waals surface area contributed by atoms with Gasteiger partial charge in [-0.1, -0.05) is 23.7 Å². The zero-order valence-electron chi connectivity index (χ0n) is 14.4. The second kappa shape index (κ2) is 6.88. The van der Waals surface area contributed by atoms with Crippen molar-refractivity contribution in [1.29, 1.82) is 0 Å². The molecule has 25 heavy (non-hydrogen) atoms. The summed E-state index contributed by atoms with van der Waals surface area (Å²) in [7, 11) is -1.44. The lowest BCUT2D eigenvalue weighted by atomic mass is 10.2. The van der Waals surface area contributed by atoms with Gasteiger partial charge in [-0.15, -0.1) is 0 Å². The van der Waals surface area contributed by atoms with Gasteiger partial charge in [0.1, 0.15) is 5.60 Å². The summed E-state index contributed by atoms with van der Waals surface area (Å²) in [5.74, 6) is 0. The first kappa shape index (κ1) is 18.1. The number of ether oxygens (including phenoxy) is 1. The standard InChI is InChI=1S/C17H20ClN3O3S/c1-17(2,3)24-16(22)21-9-8-11(10-21)25(23)15-14(18)19-12-6-4-5-7-13(12)20-15/h4-7,11H,8-10H2,1-3H3/t11-,25?/m0/s1. The molecule has 0 radical (unpaired) electrons. The van der Waals surface area contributed by atoms with Crippen LogP contribution in [0.1, 0.15) is 27.2 Å². The predicted octanol–water partition coefficient (Wildman–Crippen LogP) is 3.40. The molecule has 8 heteroatoms. The van der Waals surface area contributed by atoms with E-state index in [9.17, 15) is 9.00 Å². The first-order chi connectivity index (χ1) is 11.7. The van der Waals surface area contributed by atoms with Gasteiger partial charge < -0.3 is 9.64 Å². The average Bonchev–Trinajstić information content (AvgIpc) is 3.02. The molecule has 1 unspecified atom stereocenters. The molecule has 1 fully saturated rings. The lowest BCUT2D eigenvalue weighted by molar-refractivity contribution is 0.0295. The van der Waals surface area contributed by atoms with Crippen LogP contribution in [0.3, 0.4) is 0 Å². The number of hydrogen-bond acceptors (Lipinski definition) is 5. The molecular weight excluding hydrogens is 362 g/mol. The van der Waals surface area contributed by atoms with Crippen molar-refractivity contribution in [3.63, 3.8) is 0 Å². The number of fused-ring (bicyclic) bond motifs is 1. The van der Waals surface area contributed by atoms with E-state index in [1.165, 1.54) is 0 Å². The summed E-state index contributed by atoms with van der Waals surface area (Å²) in [5, 5.41) is 0.185. The van der Waals surface area contributed by atoms with Crippen LogP contribution in [0.4, 0.5) is 4.79 Å². The molecule has 2 aromatic rings. The van der Waals surface area contributed by atoms with Crippen LogP contribution in [0.15, 0.2) is 29.3 Å². The van der Waals surface area contributed by atoms with E-state index in [0.29, 0.717) is 30.5 Å². The number of hydrogen-bond donors (Lipinski definition) is 0. The molecule has 2 atom stereocenters. The van der Waals surface area contributed by atoms with E-state index in [1.54, 1.807) is 17.0 Å². The molecule has 0 N–H and O–H groups in total. The summed E-state index contributed by atoms with van der Waals surface area (Å²) >= 11 is 6.19. The molecule has 6 nitrogen and oxygen atoms in total. The number of benzene rings is 1. The Labute approximate surface area is 154 Å². The topological polar surface area (TPSA) is 72.4 Å². The molecule has 0 bridgehead atoms. The van der Waals surface area contributed by atoms with Crippen LogP contribution < -0.4 is 0 Å². The number of carbonyl (C=O) groups excluding carboxylic acids is 1. The highest BCUT2D eigenvalue weighted by Crippen LogP contribution is 2.26. The van der Waals surface area contributed by atoms with Gasteiger partial charge in [0.15, 0.2) is 10.2 Å². The van der Waals surface area contributed by atoms with Crippen LogP contribution in [0.2, 0.25) is 5.15 Å². The summed E-state index contributed by atoms with van der Waals surface area (Å²) < 4.78 is 18.3. The summed E-state index contributed by atoms with van der Waals surface area (Å²) in [4.78, 5) is 22.4. The number of amides is 1. The highest BCUT2D eigenvalue weighted by molar-refractivity contribution is 7.85. The maximum atomic E-state index is 12.9. The molecule has 1 amide bonds. The Balaban J connectivity index is 1.76. The fraction of sp³-hybridized carbons (Fsp3) is 0.471. The fourth-order valence-electron chi connectivity index (χ4n) is 2.64. The van der Waals surface area contributed by atoms with Crippen molar-refractivity contribution in [1.82, 2.24) is 14.9 Å². The quantitative estimate of drug-likeness (QED) is 0.797. The van der Waals surface area contributed by atoms with Gasteiger partial charge in [-0.2, -0.15) is 0 Å². The molecule has 3 rings (SSSR count). The van der Waals surface area contributed by atoms with Gasteiger partial charge in [-0.3, -0.25) is 4.21 Å². The second-order valence-electron chi connectivity index (χ2n) is 6.94. The first-order valence-electron chi connectivity index (χ1n) is 8.05. The lowest BCUT2D eigenvalue weighted by Gasteiger charge is -2.24. The maximum Gasteiger partial charge on any atom is 0.410 e. The zero-order valence-corrected chi connectivity index (χ0v) is 15.9. The van der Waals surface area contributed by atoms with Crippen LogP contribution in [0.25, 0.3) is 11.0 Å². The monoisotopic (exact) mass is 381 g/mol. The minimum Gasteiger partial charge on any atom is -0.444 e. The SMILES string of the molecule is CC(C)(C)OC(=O)N1CC[C@H](S(=O)c2nc3ccccc3nc2Cl)C1. The summed E-state index contributed by atoms with van der Waals surface area (Å²) in [5.41, 5.74) is 0.758. The van der Waals surface area contributed by atoms with E-state index in [0.717, 1.165) is 0 Å². The van der Waals surface area contributed by atoms with Crippen LogP contribution in [-0.2, 0) is 15.5 Å². The minimum atomic E-state index is -1.44. The normalized spacial score (nSPS) is 19.2. The van der Waals surface area contributed by atoms with Gasteiger partial charge in [0.2, 0.25) is 0 Å². The van der Waals surface area contributed by atoms with Gasteiger partial charge in [-0.25, -0.2) is 14.8 Å². The second-order valence-corrected chi connectivity index (χ2v) is 8.95. The minimum absolute atomic E-state index is 0.146. The predicted molar refractivity (Wildman–Crippen MR) is 97.2 cm³/mol. The molecule has 2 heterocycles. The summed E-state index contributed by atoms with van der Waals surface area (Å²) in [6.45, 7) is 6.32. The van der Waals surface area contributed by atoms with E-state index >= 15 is 0 Å². The van der Waals surface area contributed by atoms with Gasteiger partial charge in [0, 0.05) is 13.1 Å². The number of carbonyl (C=O) groups is 1. The van der Waals surface area contributed by atoms with Crippen LogP contribution in [0.5, 0.6) is 0 Å². The van der Waals surface area contributed by atoms with Gasteiger partial charge in [0.25, 0.3) is 0 Å². The Kier molecular flexibility index (Phi) is 4.97. The number of para-hydroxylation sites is 2. The van der Waals surface area contributed by atoms with E-state index in [-0.39, 0.29) is 21.5 Å². The van der Waals surface area contributed by atoms with Gasteiger partial charge in [-0.05, 0) is 39.3 Å². The first-order valence-corrected chi connectivity index (χ1v) is 9.64. The fourth-order valence-corrected chi connectivity index (χ4v) is 4.36. The van der Waals surface area contributed by atoms with Crippen molar-refractivity contribution in [2.24, 2.45) is 0 Å². The number of likely N-dealkylation sites (tertiary alicyclic amines) is 1. The number of aromatic nitrogens is 2. The molecule has 0 aliphatic carbocycles. The molecule has 1 aromatic heterocycles. The van der Waals surface area contributed by atoms with Crippen molar-refractivity contribution in [3.05, 3.63) is 29.4 Å². The van der Waals surface area contributed by atoms with Crippen LogP contribution in [0, 0.1) is 0 Å². The van der Waals surface area contributed by atoms with E-state index in [2.05, 4.69) is 9.97 Å². The third kappa shape index (κ3) is 4.10. The van der Waals surface area contributed by atoms with Crippen molar-refractivity contribution in [3.8, 4) is 0 Å². The third-order valence-electron chi connectivity index (χ3n) is 3.79. The van der Waals surface area contributed by atoms with Gasteiger partial charge >= 0.3 is 6.09 Å². The Morgan fingerprint density at radius 3 is 2.56 bits per heavy atom. The largest absolute Gasteiger partial charge is 0.444 e. The maximum absolute atomic E-state index is 12.9. The molecule has 0 saturated carbocycles. The van der Waals surface area contributed by atoms with Crippen molar-refractivity contribution in [2.45, 2.75) is 43.1 Å². The summed E-state index contributed by atoms with van der Waals surface area (Å²) in [6, 6.07) is 7.30. The zero-order chi connectivity index (χ0) is 18.2. The van der Waals surface area contributed by atoms with E-state index in [1.807, 2.05) is 32.9 Å². The molecule has 134 valence electrons.